The minimum Gasteiger partial charge on any atom is -0.349 e. The highest BCUT2D eigenvalue weighted by Gasteiger charge is 2.34. The molecule has 0 radical (unpaired) electrons. The molecule has 0 aromatic rings. The molecule has 0 saturated heterocycles. The van der Waals surface area contributed by atoms with E-state index in [9.17, 15) is 4.79 Å². The zero-order chi connectivity index (χ0) is 13.1. The average Bonchev–Trinajstić information content (AvgIpc) is 2.08. The zero-order valence-corrected chi connectivity index (χ0v) is 14.0. The Morgan fingerprint density at radius 3 is 1.69 bits per heavy atom. The Bertz CT molecular complexity index is 273. The minimum atomic E-state index is -1.49. The summed E-state index contributed by atoms with van der Waals surface area (Å²) in [4.78, 5) is 11.6. The van der Waals surface area contributed by atoms with Crippen LogP contribution in [0.1, 0.15) is 20.3 Å². The van der Waals surface area contributed by atoms with Crippen LogP contribution < -0.4 is 0 Å². The van der Waals surface area contributed by atoms with Crippen LogP contribution >= 0.6 is 0 Å². The average molecular weight is 259 g/mol. The lowest BCUT2D eigenvalue weighted by Gasteiger charge is -2.41. The lowest BCUT2D eigenvalue weighted by Crippen LogP contribution is -2.56. The summed E-state index contributed by atoms with van der Waals surface area (Å²) in [7, 11) is -2.98. The summed E-state index contributed by atoms with van der Waals surface area (Å²) in [5.41, 5.74) is 0.660. The Morgan fingerprint density at radius 1 is 1.06 bits per heavy atom. The van der Waals surface area contributed by atoms with E-state index in [1.165, 1.54) is 0 Å². The predicted octanol–water partition coefficient (Wildman–Crippen LogP) is 3.31. The third-order valence-corrected chi connectivity index (χ3v) is 9.01. The van der Waals surface area contributed by atoms with Gasteiger partial charge in [-0.1, -0.05) is 46.2 Å². The highest BCUT2D eigenvalue weighted by atomic mass is 28.4. The summed E-state index contributed by atoms with van der Waals surface area (Å²) in [6, 6.07) is 0. The van der Waals surface area contributed by atoms with Crippen LogP contribution in [0.3, 0.4) is 0 Å². The third-order valence-electron chi connectivity index (χ3n) is 2.25. The summed E-state index contributed by atoms with van der Waals surface area (Å²) >= 11 is 0. The fourth-order valence-electron chi connectivity index (χ4n) is 1.77. The molecule has 0 aromatic heterocycles. The Hall–Kier alpha value is -0.426. The highest BCUT2D eigenvalue weighted by molar-refractivity contribution is 6.89. The van der Waals surface area contributed by atoms with Gasteiger partial charge in [0.15, 0.2) is 22.3 Å². The van der Waals surface area contributed by atoms with Gasteiger partial charge in [0.05, 0.1) is 5.71 Å². The first kappa shape index (κ1) is 15.6. The first-order valence-corrected chi connectivity index (χ1v) is 12.8. The molecule has 0 aromatic carbocycles. The maximum atomic E-state index is 11.6. The van der Waals surface area contributed by atoms with Crippen LogP contribution in [0.2, 0.25) is 39.3 Å². The minimum absolute atomic E-state index is 0.154. The van der Waals surface area contributed by atoms with Gasteiger partial charge in [0, 0.05) is 6.42 Å². The summed E-state index contributed by atoms with van der Waals surface area (Å²) < 4.78 is 2.28. The first-order valence-electron chi connectivity index (χ1n) is 5.89. The molecule has 0 spiro atoms. The van der Waals surface area contributed by atoms with Gasteiger partial charge in [0.1, 0.15) is 0 Å². The lowest BCUT2D eigenvalue weighted by atomic mass is 10.2. The van der Waals surface area contributed by atoms with Gasteiger partial charge in [0.25, 0.3) is 0 Å². The van der Waals surface area contributed by atoms with Crippen molar-refractivity contribution < 1.29 is 4.79 Å². The maximum absolute atomic E-state index is 11.6. The molecule has 5 heteroatoms. The van der Waals surface area contributed by atoms with E-state index in [1.807, 2.05) is 13.8 Å². The molecule has 0 atom stereocenters. The van der Waals surface area contributed by atoms with E-state index in [1.54, 1.807) is 0 Å². The van der Waals surface area contributed by atoms with Crippen molar-refractivity contribution in [1.82, 2.24) is 4.34 Å². The molecule has 16 heavy (non-hydrogen) atoms. The summed E-state index contributed by atoms with van der Waals surface area (Å²) in [5.74, 6) is 0.154. The van der Waals surface area contributed by atoms with Crippen LogP contribution in [0.5, 0.6) is 0 Å². The molecular formula is C11H26N2OSi2. The van der Waals surface area contributed by atoms with E-state index in [2.05, 4.69) is 48.7 Å². The standard InChI is InChI=1S/C11H26N2OSi2/c1-9-11(14)10(2)12-13(15(3,4)5)16(6,7)8/h9H2,1-8H3. The molecule has 0 amide bonds. The third kappa shape index (κ3) is 4.61. The Morgan fingerprint density at radius 2 is 1.44 bits per heavy atom. The van der Waals surface area contributed by atoms with Gasteiger partial charge in [-0.25, -0.2) is 0 Å². The predicted molar refractivity (Wildman–Crippen MR) is 76.9 cm³/mol. The van der Waals surface area contributed by atoms with Gasteiger partial charge in [0.2, 0.25) is 0 Å². The number of Topliss-reactive ketones (excluding diaryl/α,β-unsaturated/α-hetero) is 1. The fraction of sp³-hybridized carbons (Fsp3) is 0.818. The molecule has 3 nitrogen and oxygen atoms in total. The zero-order valence-electron chi connectivity index (χ0n) is 12.0. The molecule has 94 valence electrons. The van der Waals surface area contributed by atoms with Crippen LogP contribution in [0, 0.1) is 0 Å². The van der Waals surface area contributed by atoms with Crippen LogP contribution in [0.25, 0.3) is 0 Å². The van der Waals surface area contributed by atoms with E-state index >= 15 is 0 Å². The number of rotatable bonds is 5. The second-order valence-electron chi connectivity index (χ2n) is 6.12. The number of nitrogens with zero attached hydrogens (tertiary/aromatic N) is 2. The van der Waals surface area contributed by atoms with Crippen LogP contribution in [0.15, 0.2) is 5.10 Å². The second-order valence-corrected chi connectivity index (χ2v) is 16.1. The number of hydrogen-bond acceptors (Lipinski definition) is 3. The molecular weight excluding hydrogens is 232 g/mol. The van der Waals surface area contributed by atoms with Gasteiger partial charge >= 0.3 is 0 Å². The largest absolute Gasteiger partial charge is 0.349 e. The summed E-state index contributed by atoms with van der Waals surface area (Å²) in [6.07, 6.45) is 0.542. The number of hydrazone groups is 1. The van der Waals surface area contributed by atoms with Crippen molar-refractivity contribution in [3.05, 3.63) is 0 Å². The van der Waals surface area contributed by atoms with Crippen LogP contribution in [-0.2, 0) is 4.79 Å². The van der Waals surface area contributed by atoms with Crippen LogP contribution in [-0.4, -0.2) is 32.3 Å². The number of carbonyl (C=O) groups is 1. The van der Waals surface area contributed by atoms with Crippen molar-refractivity contribution >= 4 is 28.0 Å². The van der Waals surface area contributed by atoms with Crippen LogP contribution in [0.4, 0.5) is 0 Å². The SMILES string of the molecule is CCC(=O)C(C)=NN([Si](C)(C)C)[Si](C)(C)C. The van der Waals surface area contributed by atoms with E-state index in [0.29, 0.717) is 12.1 Å². The van der Waals surface area contributed by atoms with Gasteiger partial charge in [-0.15, -0.1) is 0 Å². The first-order chi connectivity index (χ1) is 7.00. The van der Waals surface area contributed by atoms with E-state index < -0.39 is 16.5 Å². The van der Waals surface area contributed by atoms with Gasteiger partial charge in [-0.05, 0) is 6.92 Å². The van der Waals surface area contributed by atoms with Crippen molar-refractivity contribution in [2.45, 2.75) is 59.6 Å². The molecule has 0 heterocycles. The summed E-state index contributed by atoms with van der Waals surface area (Å²) in [5, 5.41) is 4.61. The topological polar surface area (TPSA) is 32.7 Å². The Labute approximate surface area is 102 Å². The molecule has 0 unspecified atom stereocenters. The van der Waals surface area contributed by atoms with Gasteiger partial charge in [-0.3, -0.25) is 4.79 Å². The molecule has 0 aliphatic heterocycles. The Kier molecular flexibility index (Phi) is 5.13. The van der Waals surface area contributed by atoms with Crippen molar-refractivity contribution in [3.8, 4) is 0 Å². The second kappa shape index (κ2) is 5.27. The monoisotopic (exact) mass is 258 g/mol. The molecule has 0 bridgehead atoms. The molecule has 0 aliphatic carbocycles. The van der Waals surface area contributed by atoms with E-state index in [4.69, 9.17) is 0 Å². The number of carbonyl (C=O) groups excluding carboxylic acids is 1. The van der Waals surface area contributed by atoms with E-state index in [-0.39, 0.29) is 5.78 Å². The highest BCUT2D eigenvalue weighted by Crippen LogP contribution is 2.20. The molecule has 0 rings (SSSR count). The smallest absolute Gasteiger partial charge is 0.178 e. The normalized spacial score (nSPS) is 13.9. The lowest BCUT2D eigenvalue weighted by molar-refractivity contribution is -0.112. The van der Waals surface area contributed by atoms with Crippen molar-refractivity contribution in [3.63, 3.8) is 0 Å². The van der Waals surface area contributed by atoms with Crippen molar-refractivity contribution in [2.75, 3.05) is 0 Å². The van der Waals surface area contributed by atoms with Crippen molar-refractivity contribution in [1.29, 1.82) is 0 Å². The number of hydrogen-bond donors (Lipinski definition) is 0. The quantitative estimate of drug-likeness (QED) is 0.430. The molecule has 0 fully saturated rings. The van der Waals surface area contributed by atoms with Gasteiger partial charge in [-0.2, -0.15) is 5.10 Å². The summed E-state index contributed by atoms with van der Waals surface area (Å²) in [6.45, 7) is 17.4. The number of ketones is 1. The fourth-order valence-corrected chi connectivity index (χ4v) is 10.7. The Balaban J connectivity index is 5.18. The van der Waals surface area contributed by atoms with Gasteiger partial charge < -0.3 is 4.34 Å². The molecule has 0 aliphatic rings. The van der Waals surface area contributed by atoms with Crippen molar-refractivity contribution in [2.24, 2.45) is 5.10 Å². The maximum Gasteiger partial charge on any atom is 0.178 e. The molecule has 0 N–H and O–H groups in total. The van der Waals surface area contributed by atoms with E-state index in [0.717, 1.165) is 0 Å². The molecule has 0 saturated carbocycles.